The lowest BCUT2D eigenvalue weighted by Crippen LogP contribution is -2.10. The molecule has 0 atom stereocenters. The third-order valence-corrected chi connectivity index (χ3v) is 3.62. The average molecular weight is 365 g/mol. The van der Waals surface area contributed by atoms with Gasteiger partial charge in [0.15, 0.2) is 0 Å². The second-order valence-electron chi connectivity index (χ2n) is 5.47. The van der Waals surface area contributed by atoms with Crippen molar-refractivity contribution in [2.75, 3.05) is 5.32 Å². The number of benzene rings is 2. The molecule has 0 aliphatic heterocycles. The SMILES string of the molecule is NC(=O)c1ccc(Nc2ncnc(OCc3ccccc3)c2[N+](=O)[O-])cc1. The maximum Gasteiger partial charge on any atom is 0.373 e. The number of rotatable bonds is 7. The maximum atomic E-state index is 11.5. The van der Waals surface area contributed by atoms with Gasteiger partial charge in [0, 0.05) is 11.3 Å². The number of nitrogens with two attached hydrogens (primary N) is 1. The number of nitrogens with zero attached hydrogens (tertiary/aromatic N) is 3. The first-order valence-electron chi connectivity index (χ1n) is 7.87. The molecule has 0 unspecified atom stereocenters. The quantitative estimate of drug-likeness (QED) is 0.486. The van der Waals surface area contributed by atoms with Crippen molar-refractivity contribution in [2.45, 2.75) is 6.61 Å². The van der Waals surface area contributed by atoms with Crippen molar-refractivity contribution in [3.63, 3.8) is 0 Å². The lowest BCUT2D eigenvalue weighted by molar-refractivity contribution is -0.385. The van der Waals surface area contributed by atoms with Crippen molar-refractivity contribution in [1.82, 2.24) is 9.97 Å². The van der Waals surface area contributed by atoms with Crippen molar-refractivity contribution >= 4 is 23.1 Å². The van der Waals surface area contributed by atoms with E-state index in [4.69, 9.17) is 10.5 Å². The molecule has 0 aliphatic rings. The van der Waals surface area contributed by atoms with E-state index in [1.54, 1.807) is 12.1 Å². The Morgan fingerprint density at radius 3 is 2.44 bits per heavy atom. The predicted octanol–water partition coefficient (Wildman–Crippen LogP) is 2.81. The number of hydrogen-bond donors (Lipinski definition) is 2. The number of carbonyl (C=O) groups is 1. The van der Waals surface area contributed by atoms with Gasteiger partial charge in [-0.2, -0.15) is 4.98 Å². The fourth-order valence-electron chi connectivity index (χ4n) is 2.30. The minimum absolute atomic E-state index is 0.0233. The molecule has 0 bridgehead atoms. The molecule has 9 heteroatoms. The van der Waals surface area contributed by atoms with Crippen LogP contribution < -0.4 is 15.8 Å². The monoisotopic (exact) mass is 365 g/mol. The van der Waals surface area contributed by atoms with Gasteiger partial charge < -0.3 is 15.8 Å². The molecule has 9 nitrogen and oxygen atoms in total. The Bertz CT molecular complexity index is 961. The molecule has 2 aromatic carbocycles. The standard InChI is InChI=1S/C18H15N5O4/c19-16(24)13-6-8-14(9-7-13)22-17-15(23(25)26)18(21-11-20-17)27-10-12-4-2-1-3-5-12/h1-9,11H,10H2,(H2,19,24)(H,20,21,22). The Morgan fingerprint density at radius 2 is 1.81 bits per heavy atom. The van der Waals surface area contributed by atoms with E-state index >= 15 is 0 Å². The van der Waals surface area contributed by atoms with Gasteiger partial charge in [0.1, 0.15) is 12.9 Å². The third kappa shape index (κ3) is 4.34. The Labute approximate surface area is 154 Å². The summed E-state index contributed by atoms with van der Waals surface area (Å²) < 4.78 is 5.52. The smallest absolute Gasteiger partial charge is 0.373 e. The third-order valence-electron chi connectivity index (χ3n) is 3.62. The number of ether oxygens (including phenoxy) is 1. The number of aromatic nitrogens is 2. The highest BCUT2D eigenvalue weighted by molar-refractivity contribution is 5.93. The second-order valence-corrected chi connectivity index (χ2v) is 5.47. The van der Waals surface area contributed by atoms with Crippen LogP contribution in [0, 0.1) is 10.1 Å². The first-order chi connectivity index (χ1) is 13.0. The zero-order chi connectivity index (χ0) is 19.2. The van der Waals surface area contributed by atoms with Gasteiger partial charge in [-0.3, -0.25) is 14.9 Å². The summed E-state index contributed by atoms with van der Waals surface area (Å²) >= 11 is 0. The topological polar surface area (TPSA) is 133 Å². The molecule has 0 saturated carbocycles. The Balaban J connectivity index is 1.84. The fourth-order valence-corrected chi connectivity index (χ4v) is 2.30. The van der Waals surface area contributed by atoms with E-state index in [0.29, 0.717) is 11.3 Å². The van der Waals surface area contributed by atoms with Crippen molar-refractivity contribution in [2.24, 2.45) is 5.73 Å². The maximum absolute atomic E-state index is 11.5. The number of carbonyl (C=O) groups excluding carboxylic acids is 1. The zero-order valence-electron chi connectivity index (χ0n) is 14.0. The van der Waals surface area contributed by atoms with E-state index in [0.717, 1.165) is 5.56 Å². The average Bonchev–Trinajstić information content (AvgIpc) is 2.67. The second kappa shape index (κ2) is 7.91. The van der Waals surface area contributed by atoms with Crippen molar-refractivity contribution in [3.05, 3.63) is 82.2 Å². The van der Waals surface area contributed by atoms with Gasteiger partial charge in [0.25, 0.3) is 5.88 Å². The van der Waals surface area contributed by atoms with Crippen LogP contribution in [0.2, 0.25) is 0 Å². The summed E-state index contributed by atoms with van der Waals surface area (Å²) in [5, 5.41) is 14.4. The molecule has 1 amide bonds. The molecular weight excluding hydrogens is 350 g/mol. The van der Waals surface area contributed by atoms with Crippen LogP contribution in [0.1, 0.15) is 15.9 Å². The highest BCUT2D eigenvalue weighted by Crippen LogP contribution is 2.33. The predicted molar refractivity (Wildman–Crippen MR) is 97.7 cm³/mol. The first kappa shape index (κ1) is 17.8. The van der Waals surface area contributed by atoms with E-state index in [1.807, 2.05) is 30.3 Å². The molecule has 27 heavy (non-hydrogen) atoms. The first-order valence-corrected chi connectivity index (χ1v) is 7.87. The lowest BCUT2D eigenvalue weighted by Gasteiger charge is -2.10. The molecule has 0 fully saturated rings. The Hall–Kier alpha value is -4.01. The van der Waals surface area contributed by atoms with Crippen LogP contribution >= 0.6 is 0 Å². The summed E-state index contributed by atoms with van der Waals surface area (Å²) in [6, 6.07) is 15.4. The molecular formula is C18H15N5O4. The normalized spacial score (nSPS) is 10.2. The van der Waals surface area contributed by atoms with Gasteiger partial charge in [0.2, 0.25) is 11.7 Å². The molecule has 3 rings (SSSR count). The minimum Gasteiger partial charge on any atom is -0.468 e. The number of primary amides is 1. The van der Waals surface area contributed by atoms with E-state index in [2.05, 4.69) is 15.3 Å². The van der Waals surface area contributed by atoms with Crippen LogP contribution in [0.25, 0.3) is 0 Å². The van der Waals surface area contributed by atoms with E-state index in [1.165, 1.54) is 18.5 Å². The fraction of sp³-hybridized carbons (Fsp3) is 0.0556. The van der Waals surface area contributed by atoms with Gasteiger partial charge >= 0.3 is 5.69 Å². The van der Waals surface area contributed by atoms with Crippen LogP contribution in [-0.4, -0.2) is 20.8 Å². The summed E-state index contributed by atoms with van der Waals surface area (Å²) in [6.07, 6.45) is 1.17. The molecule has 1 aromatic heterocycles. The van der Waals surface area contributed by atoms with Crippen molar-refractivity contribution in [3.8, 4) is 5.88 Å². The molecule has 0 saturated heterocycles. The molecule has 1 heterocycles. The zero-order valence-corrected chi connectivity index (χ0v) is 14.0. The van der Waals surface area contributed by atoms with Crippen LogP contribution in [0.3, 0.4) is 0 Å². The van der Waals surface area contributed by atoms with Crippen molar-refractivity contribution in [1.29, 1.82) is 0 Å². The van der Waals surface area contributed by atoms with E-state index in [9.17, 15) is 14.9 Å². The summed E-state index contributed by atoms with van der Waals surface area (Å²) in [5.74, 6) is -0.730. The molecule has 3 aromatic rings. The number of anilines is 2. The number of hydrogen-bond acceptors (Lipinski definition) is 7. The number of amides is 1. The molecule has 0 aliphatic carbocycles. The van der Waals surface area contributed by atoms with Gasteiger partial charge in [0.05, 0.1) is 4.92 Å². The molecule has 0 spiro atoms. The Morgan fingerprint density at radius 1 is 1.11 bits per heavy atom. The van der Waals surface area contributed by atoms with Crippen molar-refractivity contribution < 1.29 is 14.5 Å². The number of nitrogens with one attached hydrogen (secondary N) is 1. The highest BCUT2D eigenvalue weighted by Gasteiger charge is 2.24. The summed E-state index contributed by atoms with van der Waals surface area (Å²) in [6.45, 7) is 0.130. The van der Waals surface area contributed by atoms with Crippen LogP contribution in [-0.2, 0) is 6.61 Å². The van der Waals surface area contributed by atoms with Gasteiger partial charge in [-0.1, -0.05) is 30.3 Å². The summed E-state index contributed by atoms with van der Waals surface area (Å²) in [4.78, 5) is 29.9. The summed E-state index contributed by atoms with van der Waals surface area (Å²) in [7, 11) is 0. The minimum atomic E-state index is -0.611. The number of nitro groups is 1. The van der Waals surface area contributed by atoms with Crippen LogP contribution in [0.15, 0.2) is 60.9 Å². The van der Waals surface area contributed by atoms with E-state index in [-0.39, 0.29) is 24.0 Å². The van der Waals surface area contributed by atoms with Gasteiger partial charge in [-0.05, 0) is 29.8 Å². The van der Waals surface area contributed by atoms with Crippen LogP contribution in [0.4, 0.5) is 17.2 Å². The molecule has 136 valence electrons. The lowest BCUT2D eigenvalue weighted by atomic mass is 10.2. The van der Waals surface area contributed by atoms with Gasteiger partial charge in [-0.15, -0.1) is 0 Å². The van der Waals surface area contributed by atoms with E-state index < -0.39 is 10.8 Å². The molecule has 0 radical (unpaired) electrons. The largest absolute Gasteiger partial charge is 0.468 e. The molecule has 3 N–H and O–H groups in total. The van der Waals surface area contributed by atoms with Crippen LogP contribution in [0.5, 0.6) is 5.88 Å². The van der Waals surface area contributed by atoms with Gasteiger partial charge in [-0.25, -0.2) is 4.98 Å². The Kier molecular flexibility index (Phi) is 5.22. The summed E-state index contributed by atoms with van der Waals surface area (Å²) in [5.41, 5.74) is 6.48. The highest BCUT2D eigenvalue weighted by atomic mass is 16.6.